The predicted molar refractivity (Wildman–Crippen MR) is 91.3 cm³/mol. The molecule has 0 saturated heterocycles. The van der Waals surface area contributed by atoms with Crippen LogP contribution >= 0.6 is 34.2 Å². The molecule has 104 valence electrons. The molecule has 1 amide bonds. The van der Waals surface area contributed by atoms with E-state index in [1.165, 1.54) is 0 Å². The van der Waals surface area contributed by atoms with E-state index in [2.05, 4.69) is 27.9 Å². The topological polar surface area (TPSA) is 29.1 Å². The Hall–Kier alpha value is -1.07. The minimum absolute atomic E-state index is 0.0253. The summed E-state index contributed by atoms with van der Waals surface area (Å²) >= 11 is 8.29. The summed E-state index contributed by atoms with van der Waals surface area (Å²) in [5.74, 6) is -0.0253. The number of nitrogens with one attached hydrogen (secondary N) is 1. The lowest BCUT2D eigenvalue weighted by molar-refractivity contribution is 0.0953. The van der Waals surface area contributed by atoms with Crippen LogP contribution in [0.1, 0.15) is 22.3 Å². The normalized spacial score (nSPS) is 10.3. The highest BCUT2D eigenvalue weighted by Crippen LogP contribution is 2.16. The van der Waals surface area contributed by atoms with Crippen molar-refractivity contribution < 1.29 is 4.79 Å². The van der Waals surface area contributed by atoms with Gasteiger partial charge in [0.25, 0.3) is 5.91 Å². The summed E-state index contributed by atoms with van der Waals surface area (Å²) in [5, 5.41) is 3.72. The Balaban J connectivity index is 1.79. The van der Waals surface area contributed by atoms with Crippen LogP contribution in [0.5, 0.6) is 0 Å². The lowest BCUT2D eigenvalue weighted by Crippen LogP contribution is -2.24. The number of hydrogen-bond acceptors (Lipinski definition) is 1. The molecule has 2 rings (SSSR count). The van der Waals surface area contributed by atoms with E-state index in [1.807, 2.05) is 48.5 Å². The van der Waals surface area contributed by atoms with Gasteiger partial charge in [0.2, 0.25) is 0 Å². The molecule has 0 unspecified atom stereocenters. The first kappa shape index (κ1) is 15.3. The molecule has 0 aliphatic rings. The number of carbonyl (C=O) groups excluding carboxylic acids is 1. The Kier molecular flexibility index (Phi) is 5.86. The summed E-state index contributed by atoms with van der Waals surface area (Å²) < 4.78 is 1.06. The highest BCUT2D eigenvalue weighted by Gasteiger charge is 2.05. The van der Waals surface area contributed by atoms with Crippen LogP contribution in [-0.4, -0.2) is 12.5 Å². The highest BCUT2D eigenvalue weighted by atomic mass is 127. The molecule has 0 radical (unpaired) electrons. The third kappa shape index (κ3) is 4.49. The van der Waals surface area contributed by atoms with Crippen LogP contribution in [0.3, 0.4) is 0 Å². The highest BCUT2D eigenvalue weighted by molar-refractivity contribution is 14.1. The Morgan fingerprint density at radius 1 is 1.15 bits per heavy atom. The molecule has 0 spiro atoms. The van der Waals surface area contributed by atoms with Crippen LogP contribution in [0.25, 0.3) is 0 Å². The molecule has 0 aliphatic carbocycles. The summed E-state index contributed by atoms with van der Waals surface area (Å²) in [6, 6.07) is 15.4. The largest absolute Gasteiger partial charge is 0.352 e. The molecule has 0 aliphatic heterocycles. The fourth-order valence-corrected chi connectivity index (χ4v) is 2.69. The van der Waals surface area contributed by atoms with Gasteiger partial charge >= 0.3 is 0 Å². The summed E-state index contributed by atoms with van der Waals surface area (Å²) in [5.41, 5.74) is 1.83. The van der Waals surface area contributed by atoms with Crippen molar-refractivity contribution in [2.24, 2.45) is 0 Å². The molecular weight excluding hydrogens is 385 g/mol. The summed E-state index contributed by atoms with van der Waals surface area (Å²) in [6.45, 7) is 0.648. The van der Waals surface area contributed by atoms with Crippen LogP contribution in [0.15, 0.2) is 48.5 Å². The Bertz CT molecular complexity index is 601. The lowest BCUT2D eigenvalue weighted by atomic mass is 10.1. The number of benzene rings is 2. The van der Waals surface area contributed by atoms with Gasteiger partial charge in [-0.2, -0.15) is 0 Å². The first-order valence-electron chi connectivity index (χ1n) is 6.44. The van der Waals surface area contributed by atoms with Crippen molar-refractivity contribution >= 4 is 40.1 Å². The molecule has 2 aromatic carbocycles. The van der Waals surface area contributed by atoms with Crippen molar-refractivity contribution in [3.05, 3.63) is 68.3 Å². The first-order valence-corrected chi connectivity index (χ1v) is 7.89. The van der Waals surface area contributed by atoms with E-state index in [0.29, 0.717) is 12.1 Å². The fourth-order valence-electron chi connectivity index (χ4n) is 1.91. The molecule has 0 aromatic heterocycles. The quantitative estimate of drug-likeness (QED) is 0.589. The van der Waals surface area contributed by atoms with Gasteiger partial charge in [-0.3, -0.25) is 4.79 Å². The van der Waals surface area contributed by atoms with Gasteiger partial charge in [0, 0.05) is 20.7 Å². The van der Waals surface area contributed by atoms with Crippen molar-refractivity contribution in [3.8, 4) is 0 Å². The van der Waals surface area contributed by atoms with E-state index < -0.39 is 0 Å². The average molecular weight is 400 g/mol. The third-order valence-corrected chi connectivity index (χ3v) is 3.99. The van der Waals surface area contributed by atoms with Gasteiger partial charge in [0.05, 0.1) is 0 Å². The van der Waals surface area contributed by atoms with E-state index in [9.17, 15) is 4.79 Å². The SMILES string of the molecule is O=C(NCCCc1ccccc1Cl)c1cccc(I)c1. The molecular formula is C16H15ClINO. The van der Waals surface area contributed by atoms with Gasteiger partial charge in [-0.05, 0) is 65.3 Å². The maximum absolute atomic E-state index is 11.9. The smallest absolute Gasteiger partial charge is 0.251 e. The van der Waals surface area contributed by atoms with E-state index in [1.54, 1.807) is 0 Å². The van der Waals surface area contributed by atoms with E-state index >= 15 is 0 Å². The van der Waals surface area contributed by atoms with Crippen LogP contribution < -0.4 is 5.32 Å². The minimum Gasteiger partial charge on any atom is -0.352 e. The molecule has 0 fully saturated rings. The van der Waals surface area contributed by atoms with Crippen LogP contribution in [0, 0.1) is 3.57 Å². The van der Waals surface area contributed by atoms with E-state index in [0.717, 1.165) is 27.0 Å². The van der Waals surface area contributed by atoms with Gasteiger partial charge in [0.1, 0.15) is 0 Å². The Labute approximate surface area is 137 Å². The number of rotatable bonds is 5. The van der Waals surface area contributed by atoms with Crippen molar-refractivity contribution in [2.45, 2.75) is 12.8 Å². The van der Waals surface area contributed by atoms with Crippen molar-refractivity contribution in [1.29, 1.82) is 0 Å². The van der Waals surface area contributed by atoms with Gasteiger partial charge in [-0.15, -0.1) is 0 Å². The second-order valence-corrected chi connectivity index (χ2v) is 6.11. The van der Waals surface area contributed by atoms with Crippen LogP contribution in [-0.2, 0) is 6.42 Å². The number of halogens is 2. The van der Waals surface area contributed by atoms with Gasteiger partial charge in [-0.25, -0.2) is 0 Å². The van der Waals surface area contributed by atoms with Gasteiger partial charge < -0.3 is 5.32 Å². The minimum atomic E-state index is -0.0253. The Morgan fingerprint density at radius 3 is 2.70 bits per heavy atom. The molecule has 0 saturated carbocycles. The zero-order valence-corrected chi connectivity index (χ0v) is 13.8. The molecule has 2 nitrogen and oxygen atoms in total. The zero-order valence-electron chi connectivity index (χ0n) is 10.9. The summed E-state index contributed by atoms with van der Waals surface area (Å²) in [4.78, 5) is 11.9. The molecule has 0 heterocycles. The Morgan fingerprint density at radius 2 is 1.95 bits per heavy atom. The van der Waals surface area contributed by atoms with E-state index in [-0.39, 0.29) is 5.91 Å². The monoisotopic (exact) mass is 399 g/mol. The number of hydrogen-bond donors (Lipinski definition) is 1. The molecule has 0 atom stereocenters. The second kappa shape index (κ2) is 7.64. The fraction of sp³-hybridized carbons (Fsp3) is 0.188. The summed E-state index contributed by atoms with van der Waals surface area (Å²) in [7, 11) is 0. The van der Waals surface area contributed by atoms with Crippen LogP contribution in [0.2, 0.25) is 5.02 Å². The maximum atomic E-state index is 11.9. The molecule has 4 heteroatoms. The maximum Gasteiger partial charge on any atom is 0.251 e. The zero-order chi connectivity index (χ0) is 14.4. The first-order chi connectivity index (χ1) is 9.66. The molecule has 20 heavy (non-hydrogen) atoms. The number of aryl methyl sites for hydroxylation is 1. The molecule has 1 N–H and O–H groups in total. The number of amides is 1. The lowest BCUT2D eigenvalue weighted by Gasteiger charge is -2.06. The standard InChI is InChI=1S/C16H15ClINO/c17-15-9-2-1-5-12(15)7-4-10-19-16(20)13-6-3-8-14(18)11-13/h1-3,5-6,8-9,11H,4,7,10H2,(H,19,20). The third-order valence-electron chi connectivity index (χ3n) is 2.95. The van der Waals surface area contributed by atoms with Crippen molar-refractivity contribution in [3.63, 3.8) is 0 Å². The van der Waals surface area contributed by atoms with Crippen molar-refractivity contribution in [1.82, 2.24) is 5.32 Å². The van der Waals surface area contributed by atoms with E-state index in [4.69, 9.17) is 11.6 Å². The van der Waals surface area contributed by atoms with Crippen LogP contribution in [0.4, 0.5) is 0 Å². The summed E-state index contributed by atoms with van der Waals surface area (Å²) in [6.07, 6.45) is 1.74. The van der Waals surface area contributed by atoms with Gasteiger partial charge in [-0.1, -0.05) is 35.9 Å². The second-order valence-electron chi connectivity index (χ2n) is 4.46. The molecule has 0 bridgehead atoms. The number of carbonyl (C=O) groups is 1. The van der Waals surface area contributed by atoms with Crippen molar-refractivity contribution in [2.75, 3.05) is 6.54 Å². The van der Waals surface area contributed by atoms with Gasteiger partial charge in [0.15, 0.2) is 0 Å². The predicted octanol–water partition coefficient (Wildman–Crippen LogP) is 4.31. The molecule has 2 aromatic rings. The average Bonchev–Trinajstić information content (AvgIpc) is 2.45.